The van der Waals surface area contributed by atoms with E-state index in [0.29, 0.717) is 5.92 Å². The molecule has 4 heteroatoms. The van der Waals surface area contributed by atoms with Gasteiger partial charge in [-0.15, -0.1) is 0 Å². The summed E-state index contributed by atoms with van der Waals surface area (Å²) in [6, 6.07) is -0.316. The molecule has 2 N–H and O–H groups in total. The fourth-order valence-electron chi connectivity index (χ4n) is 2.11. The maximum absolute atomic E-state index is 12.1. The summed E-state index contributed by atoms with van der Waals surface area (Å²) in [6.07, 6.45) is 1.84. The van der Waals surface area contributed by atoms with Gasteiger partial charge in [-0.25, -0.2) is 0 Å². The molecule has 1 rings (SSSR count). The largest absolute Gasteiger partial charge is 0.340 e. The molecule has 0 bridgehead atoms. The zero-order chi connectivity index (χ0) is 12.1. The second-order valence-electron chi connectivity index (χ2n) is 5.22. The summed E-state index contributed by atoms with van der Waals surface area (Å²) in [4.78, 5) is 16.3. The molecule has 1 aliphatic heterocycles. The van der Waals surface area contributed by atoms with Gasteiger partial charge in [0.25, 0.3) is 0 Å². The number of hydrogen-bond donors (Lipinski definition) is 1. The van der Waals surface area contributed by atoms with Crippen LogP contribution < -0.4 is 5.73 Å². The van der Waals surface area contributed by atoms with Crippen LogP contribution in [0.25, 0.3) is 0 Å². The minimum atomic E-state index is -0.316. The van der Waals surface area contributed by atoms with Gasteiger partial charge in [-0.3, -0.25) is 4.79 Å². The van der Waals surface area contributed by atoms with Crippen LogP contribution in [-0.2, 0) is 4.79 Å². The zero-order valence-corrected chi connectivity index (χ0v) is 10.8. The Morgan fingerprint density at radius 1 is 1.25 bits per heavy atom. The molecule has 16 heavy (non-hydrogen) atoms. The number of nitrogens with zero attached hydrogens (tertiary/aromatic N) is 2. The van der Waals surface area contributed by atoms with Crippen LogP contribution in [0, 0.1) is 5.92 Å². The van der Waals surface area contributed by atoms with Gasteiger partial charge in [0.15, 0.2) is 0 Å². The average molecular weight is 227 g/mol. The van der Waals surface area contributed by atoms with Crippen molar-refractivity contribution in [3.8, 4) is 0 Å². The number of hydrogen-bond acceptors (Lipinski definition) is 3. The fraction of sp³-hybridized carbons (Fsp3) is 0.917. The Kier molecular flexibility index (Phi) is 5.22. The van der Waals surface area contributed by atoms with Crippen LogP contribution in [-0.4, -0.2) is 55.0 Å². The van der Waals surface area contributed by atoms with E-state index in [-0.39, 0.29) is 11.9 Å². The molecule has 0 spiro atoms. The third-order valence-electron chi connectivity index (χ3n) is 3.07. The third kappa shape index (κ3) is 4.10. The molecule has 1 fully saturated rings. The molecule has 1 aliphatic rings. The first kappa shape index (κ1) is 13.5. The highest BCUT2D eigenvalue weighted by molar-refractivity contribution is 5.81. The summed E-state index contributed by atoms with van der Waals surface area (Å²) in [7, 11) is 2.10. The molecule has 0 aliphatic carbocycles. The molecule has 94 valence electrons. The van der Waals surface area contributed by atoms with Gasteiger partial charge >= 0.3 is 0 Å². The molecule has 0 aromatic heterocycles. The Bertz CT molecular complexity index is 230. The average Bonchev–Trinajstić information content (AvgIpc) is 2.41. The van der Waals surface area contributed by atoms with Crippen molar-refractivity contribution in [3.63, 3.8) is 0 Å². The SMILES string of the molecule is CC(C)CC(N)C(=O)N1CCCN(C)CC1. The van der Waals surface area contributed by atoms with Gasteiger partial charge in [-0.2, -0.15) is 0 Å². The summed E-state index contributed by atoms with van der Waals surface area (Å²) in [5.41, 5.74) is 5.93. The zero-order valence-electron chi connectivity index (χ0n) is 10.8. The second kappa shape index (κ2) is 6.21. The number of rotatable bonds is 3. The van der Waals surface area contributed by atoms with Crippen LogP contribution in [0.5, 0.6) is 0 Å². The Morgan fingerprint density at radius 3 is 2.56 bits per heavy atom. The maximum atomic E-state index is 12.1. The minimum absolute atomic E-state index is 0.129. The van der Waals surface area contributed by atoms with Crippen LogP contribution in [0.3, 0.4) is 0 Å². The molecule has 1 atom stereocenters. The van der Waals surface area contributed by atoms with Crippen LogP contribution in [0.4, 0.5) is 0 Å². The first-order chi connectivity index (χ1) is 7.50. The predicted molar refractivity (Wildman–Crippen MR) is 66.1 cm³/mol. The highest BCUT2D eigenvalue weighted by Gasteiger charge is 2.23. The first-order valence-electron chi connectivity index (χ1n) is 6.23. The topological polar surface area (TPSA) is 49.6 Å². The van der Waals surface area contributed by atoms with Crippen molar-refractivity contribution in [2.45, 2.75) is 32.7 Å². The van der Waals surface area contributed by atoms with Crippen molar-refractivity contribution in [2.24, 2.45) is 11.7 Å². The van der Waals surface area contributed by atoms with Gasteiger partial charge in [0.2, 0.25) is 5.91 Å². The molecule has 1 unspecified atom stereocenters. The molecule has 1 saturated heterocycles. The highest BCUT2D eigenvalue weighted by atomic mass is 16.2. The monoisotopic (exact) mass is 227 g/mol. The maximum Gasteiger partial charge on any atom is 0.239 e. The van der Waals surface area contributed by atoms with Gasteiger partial charge in [0.05, 0.1) is 6.04 Å². The molecule has 1 heterocycles. The standard InChI is InChI=1S/C12H25N3O/c1-10(2)9-11(13)12(16)15-6-4-5-14(3)7-8-15/h10-11H,4-9,13H2,1-3H3. The van der Waals surface area contributed by atoms with E-state index in [4.69, 9.17) is 5.73 Å². The van der Waals surface area contributed by atoms with E-state index in [9.17, 15) is 4.79 Å². The van der Waals surface area contributed by atoms with E-state index >= 15 is 0 Å². The Hall–Kier alpha value is -0.610. The number of carbonyl (C=O) groups is 1. The Morgan fingerprint density at radius 2 is 1.94 bits per heavy atom. The molecule has 0 aromatic carbocycles. The van der Waals surface area contributed by atoms with E-state index in [1.54, 1.807) is 0 Å². The van der Waals surface area contributed by atoms with Crippen LogP contribution in [0.2, 0.25) is 0 Å². The second-order valence-corrected chi connectivity index (χ2v) is 5.22. The molecular weight excluding hydrogens is 202 g/mol. The number of nitrogens with two attached hydrogens (primary N) is 1. The first-order valence-corrected chi connectivity index (χ1v) is 6.23. The summed E-state index contributed by atoms with van der Waals surface area (Å²) in [5, 5.41) is 0. The van der Waals surface area contributed by atoms with Gasteiger partial charge in [0, 0.05) is 19.6 Å². The number of amides is 1. The summed E-state index contributed by atoms with van der Waals surface area (Å²) >= 11 is 0. The lowest BCUT2D eigenvalue weighted by molar-refractivity contribution is -0.132. The van der Waals surface area contributed by atoms with E-state index in [1.165, 1.54) is 0 Å². The van der Waals surface area contributed by atoms with Crippen molar-refractivity contribution in [3.05, 3.63) is 0 Å². The summed E-state index contributed by atoms with van der Waals surface area (Å²) < 4.78 is 0. The molecule has 0 saturated carbocycles. The molecule has 1 amide bonds. The lowest BCUT2D eigenvalue weighted by Gasteiger charge is -2.24. The number of likely N-dealkylation sites (N-methyl/N-ethyl adjacent to an activating group) is 1. The van der Waals surface area contributed by atoms with Crippen molar-refractivity contribution >= 4 is 5.91 Å². The van der Waals surface area contributed by atoms with Gasteiger partial charge in [-0.1, -0.05) is 13.8 Å². The van der Waals surface area contributed by atoms with Crippen molar-refractivity contribution in [1.29, 1.82) is 0 Å². The predicted octanol–water partition coefficient (Wildman–Crippen LogP) is 0.524. The summed E-state index contributed by atoms with van der Waals surface area (Å²) in [5.74, 6) is 0.609. The highest BCUT2D eigenvalue weighted by Crippen LogP contribution is 2.08. The number of carbonyl (C=O) groups excluding carboxylic acids is 1. The van der Waals surface area contributed by atoms with Crippen molar-refractivity contribution in [2.75, 3.05) is 33.2 Å². The van der Waals surface area contributed by atoms with Gasteiger partial charge in [-0.05, 0) is 32.4 Å². The molecule has 4 nitrogen and oxygen atoms in total. The van der Waals surface area contributed by atoms with Crippen LogP contribution >= 0.6 is 0 Å². The van der Waals surface area contributed by atoms with Crippen molar-refractivity contribution < 1.29 is 4.79 Å². The van der Waals surface area contributed by atoms with Crippen LogP contribution in [0.1, 0.15) is 26.7 Å². The van der Waals surface area contributed by atoms with E-state index in [2.05, 4.69) is 25.8 Å². The quantitative estimate of drug-likeness (QED) is 0.765. The minimum Gasteiger partial charge on any atom is -0.340 e. The lowest BCUT2D eigenvalue weighted by atomic mass is 10.0. The lowest BCUT2D eigenvalue weighted by Crippen LogP contribution is -2.45. The van der Waals surface area contributed by atoms with E-state index in [0.717, 1.165) is 39.0 Å². The normalized spacial score (nSPS) is 20.9. The van der Waals surface area contributed by atoms with E-state index in [1.807, 2.05) is 4.90 Å². The molecule has 0 aromatic rings. The smallest absolute Gasteiger partial charge is 0.239 e. The molecular formula is C12H25N3O. The summed E-state index contributed by atoms with van der Waals surface area (Å²) in [6.45, 7) is 7.91. The third-order valence-corrected chi connectivity index (χ3v) is 3.07. The van der Waals surface area contributed by atoms with Crippen LogP contribution in [0.15, 0.2) is 0 Å². The van der Waals surface area contributed by atoms with Gasteiger partial charge < -0.3 is 15.5 Å². The molecule has 0 radical (unpaired) electrons. The fourth-order valence-corrected chi connectivity index (χ4v) is 2.11. The van der Waals surface area contributed by atoms with Gasteiger partial charge in [0.1, 0.15) is 0 Å². The van der Waals surface area contributed by atoms with Crippen molar-refractivity contribution in [1.82, 2.24) is 9.80 Å². The Balaban J connectivity index is 2.46. The Labute approximate surface area is 98.8 Å². The van der Waals surface area contributed by atoms with E-state index < -0.39 is 0 Å².